The van der Waals surface area contributed by atoms with Gasteiger partial charge in [-0.05, 0) is 37.6 Å². The smallest absolute Gasteiger partial charge is 0.252 e. The number of benzene rings is 1. The fourth-order valence-electron chi connectivity index (χ4n) is 2.33. The van der Waals surface area contributed by atoms with E-state index in [2.05, 4.69) is 24.1 Å². The number of aromatic amines is 1. The van der Waals surface area contributed by atoms with E-state index in [-0.39, 0.29) is 5.56 Å². The number of rotatable bonds is 6. The van der Waals surface area contributed by atoms with E-state index in [1.807, 2.05) is 37.3 Å². The molecule has 1 aromatic carbocycles. The quantitative estimate of drug-likeness (QED) is 0.862. The van der Waals surface area contributed by atoms with Crippen LogP contribution < -0.4 is 15.6 Å². The number of ether oxygens (including phenoxy) is 1. The molecule has 0 saturated carbocycles. The van der Waals surface area contributed by atoms with E-state index in [1.54, 1.807) is 7.11 Å². The molecule has 0 saturated heterocycles. The van der Waals surface area contributed by atoms with Crippen LogP contribution in [-0.2, 0) is 6.54 Å². The first-order valence-electron chi connectivity index (χ1n) is 7.59. The zero-order valence-electron chi connectivity index (χ0n) is 13.7. The van der Waals surface area contributed by atoms with Crippen LogP contribution in [0, 0.1) is 12.8 Å². The van der Waals surface area contributed by atoms with Crippen LogP contribution in [0.5, 0.6) is 5.75 Å². The Labute approximate surface area is 131 Å². The van der Waals surface area contributed by atoms with Gasteiger partial charge in [-0.25, -0.2) is 0 Å². The Morgan fingerprint density at radius 3 is 2.64 bits per heavy atom. The predicted molar refractivity (Wildman–Crippen MR) is 90.3 cm³/mol. The van der Waals surface area contributed by atoms with Gasteiger partial charge in [-0.1, -0.05) is 31.5 Å². The minimum absolute atomic E-state index is 0.0580. The fraction of sp³-hybridized carbons (Fsp3) is 0.389. The van der Waals surface area contributed by atoms with Crippen LogP contribution in [0.25, 0.3) is 11.3 Å². The molecule has 4 nitrogen and oxygen atoms in total. The van der Waals surface area contributed by atoms with Crippen molar-refractivity contribution in [3.8, 4) is 17.0 Å². The van der Waals surface area contributed by atoms with Crippen molar-refractivity contribution in [3.63, 3.8) is 0 Å². The summed E-state index contributed by atoms with van der Waals surface area (Å²) in [5.41, 5.74) is 3.49. The lowest BCUT2D eigenvalue weighted by Gasteiger charge is -2.11. The number of hydrogen-bond donors (Lipinski definition) is 2. The molecule has 1 heterocycles. The first-order chi connectivity index (χ1) is 10.5. The number of methoxy groups -OCH3 is 1. The van der Waals surface area contributed by atoms with E-state index in [9.17, 15) is 4.79 Å². The third-order valence-corrected chi connectivity index (χ3v) is 3.50. The predicted octanol–water partition coefficient (Wildman–Crippen LogP) is 3.10. The summed E-state index contributed by atoms with van der Waals surface area (Å²) in [5.74, 6) is 1.32. The number of H-pyrrole nitrogens is 1. The van der Waals surface area contributed by atoms with Gasteiger partial charge in [0.1, 0.15) is 5.75 Å². The molecule has 0 aliphatic rings. The Morgan fingerprint density at radius 2 is 2.00 bits per heavy atom. The van der Waals surface area contributed by atoms with Crippen molar-refractivity contribution >= 4 is 0 Å². The highest BCUT2D eigenvalue weighted by atomic mass is 16.5. The zero-order valence-corrected chi connectivity index (χ0v) is 13.7. The molecular weight excluding hydrogens is 276 g/mol. The third kappa shape index (κ3) is 3.98. The minimum atomic E-state index is -0.0580. The van der Waals surface area contributed by atoms with Crippen molar-refractivity contribution in [2.45, 2.75) is 27.3 Å². The summed E-state index contributed by atoms with van der Waals surface area (Å²) in [5, 5.41) is 3.29. The average molecular weight is 300 g/mol. The number of nitrogens with one attached hydrogen (secondary N) is 2. The highest BCUT2D eigenvalue weighted by Gasteiger charge is 2.09. The summed E-state index contributed by atoms with van der Waals surface area (Å²) in [6.07, 6.45) is 0. The van der Waals surface area contributed by atoms with Gasteiger partial charge in [0, 0.05) is 17.7 Å². The van der Waals surface area contributed by atoms with Crippen LogP contribution in [0.1, 0.15) is 25.0 Å². The maximum Gasteiger partial charge on any atom is 0.252 e. The number of aromatic nitrogens is 1. The normalized spacial score (nSPS) is 11.0. The van der Waals surface area contributed by atoms with Gasteiger partial charge in [-0.15, -0.1) is 0 Å². The van der Waals surface area contributed by atoms with Gasteiger partial charge in [-0.3, -0.25) is 4.79 Å². The largest absolute Gasteiger partial charge is 0.496 e. The highest BCUT2D eigenvalue weighted by molar-refractivity contribution is 5.68. The Hall–Kier alpha value is -2.07. The molecule has 0 fully saturated rings. The molecule has 118 valence electrons. The standard InChI is InChI=1S/C18H24N2O2/c1-12(2)10-19-11-14-6-7-16(20-18(14)21)15-9-13(3)5-8-17(15)22-4/h5-9,12,19H,10-11H2,1-4H3,(H,20,21). The Morgan fingerprint density at radius 1 is 1.23 bits per heavy atom. The van der Waals surface area contributed by atoms with E-state index >= 15 is 0 Å². The summed E-state index contributed by atoms with van der Waals surface area (Å²) in [6, 6.07) is 9.74. The lowest BCUT2D eigenvalue weighted by atomic mass is 10.1. The summed E-state index contributed by atoms with van der Waals surface area (Å²) in [6.45, 7) is 7.78. The van der Waals surface area contributed by atoms with E-state index in [0.29, 0.717) is 12.5 Å². The Balaban J connectivity index is 2.26. The molecule has 2 aromatic rings. The molecule has 0 amide bonds. The molecule has 2 rings (SSSR count). The van der Waals surface area contributed by atoms with Gasteiger partial charge >= 0.3 is 0 Å². The van der Waals surface area contributed by atoms with Crippen molar-refractivity contribution in [3.05, 3.63) is 51.8 Å². The topological polar surface area (TPSA) is 54.1 Å². The molecule has 0 spiro atoms. The van der Waals surface area contributed by atoms with Crippen LogP contribution in [0.15, 0.2) is 35.1 Å². The third-order valence-electron chi connectivity index (χ3n) is 3.50. The van der Waals surface area contributed by atoms with E-state index in [4.69, 9.17) is 4.74 Å². The molecule has 0 unspecified atom stereocenters. The van der Waals surface area contributed by atoms with Crippen molar-refractivity contribution in [2.75, 3.05) is 13.7 Å². The first kappa shape index (κ1) is 16.3. The monoisotopic (exact) mass is 300 g/mol. The molecule has 4 heteroatoms. The average Bonchev–Trinajstić information content (AvgIpc) is 2.48. The Kier molecular flexibility index (Phi) is 5.39. The van der Waals surface area contributed by atoms with Gasteiger partial charge < -0.3 is 15.0 Å². The second kappa shape index (κ2) is 7.27. The maximum atomic E-state index is 12.2. The van der Waals surface area contributed by atoms with E-state index < -0.39 is 0 Å². The van der Waals surface area contributed by atoms with Crippen molar-refractivity contribution in [1.29, 1.82) is 0 Å². The Bertz CT molecular complexity index is 690. The zero-order chi connectivity index (χ0) is 16.1. The van der Waals surface area contributed by atoms with Gasteiger partial charge in [0.15, 0.2) is 0 Å². The van der Waals surface area contributed by atoms with Crippen LogP contribution in [0.4, 0.5) is 0 Å². The van der Waals surface area contributed by atoms with Crippen LogP contribution in [-0.4, -0.2) is 18.6 Å². The first-order valence-corrected chi connectivity index (χ1v) is 7.59. The summed E-state index contributed by atoms with van der Waals surface area (Å²) in [7, 11) is 1.64. The minimum Gasteiger partial charge on any atom is -0.496 e. The summed E-state index contributed by atoms with van der Waals surface area (Å²) in [4.78, 5) is 15.2. The van der Waals surface area contributed by atoms with E-state index in [0.717, 1.165) is 34.7 Å². The molecule has 0 radical (unpaired) electrons. The number of aryl methyl sites for hydroxylation is 1. The number of hydrogen-bond acceptors (Lipinski definition) is 3. The molecule has 0 aliphatic heterocycles. The summed E-state index contributed by atoms with van der Waals surface area (Å²) < 4.78 is 5.38. The van der Waals surface area contributed by atoms with Crippen LogP contribution >= 0.6 is 0 Å². The molecule has 2 N–H and O–H groups in total. The molecule has 22 heavy (non-hydrogen) atoms. The maximum absolute atomic E-state index is 12.2. The van der Waals surface area contributed by atoms with Gasteiger partial charge in [0.2, 0.25) is 0 Å². The van der Waals surface area contributed by atoms with Crippen molar-refractivity contribution in [1.82, 2.24) is 10.3 Å². The van der Waals surface area contributed by atoms with Gasteiger partial charge in [-0.2, -0.15) is 0 Å². The second-order valence-corrected chi connectivity index (χ2v) is 5.95. The van der Waals surface area contributed by atoms with Gasteiger partial charge in [0.05, 0.1) is 12.8 Å². The lowest BCUT2D eigenvalue weighted by molar-refractivity contribution is 0.416. The van der Waals surface area contributed by atoms with Gasteiger partial charge in [0.25, 0.3) is 5.56 Å². The SMILES string of the molecule is COc1ccc(C)cc1-c1ccc(CNCC(C)C)c(=O)[nH]1. The fourth-order valence-corrected chi connectivity index (χ4v) is 2.33. The molecule has 0 bridgehead atoms. The second-order valence-electron chi connectivity index (χ2n) is 5.95. The number of pyridine rings is 1. The molecule has 0 aliphatic carbocycles. The van der Waals surface area contributed by atoms with Crippen molar-refractivity contribution < 1.29 is 4.74 Å². The van der Waals surface area contributed by atoms with Crippen molar-refractivity contribution in [2.24, 2.45) is 5.92 Å². The van der Waals surface area contributed by atoms with E-state index in [1.165, 1.54) is 0 Å². The summed E-state index contributed by atoms with van der Waals surface area (Å²) >= 11 is 0. The van der Waals surface area contributed by atoms with Crippen LogP contribution in [0.2, 0.25) is 0 Å². The van der Waals surface area contributed by atoms with Crippen LogP contribution in [0.3, 0.4) is 0 Å². The molecular formula is C18H24N2O2. The highest BCUT2D eigenvalue weighted by Crippen LogP contribution is 2.28. The molecule has 1 aromatic heterocycles. The molecule has 0 atom stereocenters. The lowest BCUT2D eigenvalue weighted by Crippen LogP contribution is -2.24.